The fourth-order valence-corrected chi connectivity index (χ4v) is 1.19. The molecule has 0 aromatic heterocycles. The van der Waals surface area contributed by atoms with E-state index < -0.39 is 0 Å². The number of rotatable bonds is 3. The summed E-state index contributed by atoms with van der Waals surface area (Å²) in [5, 5.41) is 0.726. The van der Waals surface area contributed by atoms with Crippen molar-refractivity contribution in [2.45, 2.75) is 12.8 Å². The molecule has 0 amide bonds. The predicted octanol–water partition coefficient (Wildman–Crippen LogP) is 4.16. The van der Waals surface area contributed by atoms with Gasteiger partial charge in [0.2, 0.25) is 0 Å². The minimum Gasteiger partial charge on any atom is -0.205 e. The number of allylic oxidation sites excluding steroid dienone is 1. The lowest BCUT2D eigenvalue weighted by molar-refractivity contribution is 0.625. The van der Waals surface area contributed by atoms with Crippen molar-refractivity contribution in [1.29, 1.82) is 0 Å². The zero-order chi connectivity index (χ0) is 9.84. The van der Waals surface area contributed by atoms with Crippen molar-refractivity contribution in [2.24, 2.45) is 0 Å². The molecule has 0 aliphatic heterocycles. The largest absolute Gasteiger partial charge is 0.205 e. The van der Waals surface area contributed by atoms with Crippen LogP contribution in [0.15, 0.2) is 29.8 Å². The molecule has 0 spiro atoms. The molecule has 0 unspecified atom stereocenters. The molecule has 0 aliphatic carbocycles. The van der Waals surface area contributed by atoms with Gasteiger partial charge >= 0.3 is 0 Å². The van der Waals surface area contributed by atoms with Crippen molar-refractivity contribution in [2.75, 3.05) is 0 Å². The van der Waals surface area contributed by atoms with Crippen LogP contribution in [-0.4, -0.2) is 0 Å². The maximum atomic E-state index is 12.9. The molecule has 0 saturated carbocycles. The molecule has 70 valence electrons. The minimum absolute atomic E-state index is 0.147. The van der Waals surface area contributed by atoms with Crippen LogP contribution in [0, 0.1) is 5.82 Å². The number of aryl methyl sites for hydroxylation is 1. The van der Waals surface area contributed by atoms with Gasteiger partial charge in [0.05, 0.1) is 5.02 Å². The highest BCUT2D eigenvalue weighted by atomic mass is 35.5. The Morgan fingerprint density at radius 3 is 2.69 bits per heavy atom. The number of hydrogen-bond acceptors (Lipinski definition) is 0. The van der Waals surface area contributed by atoms with Gasteiger partial charge < -0.3 is 0 Å². The van der Waals surface area contributed by atoms with Crippen molar-refractivity contribution >= 4 is 23.2 Å². The van der Waals surface area contributed by atoms with Crippen molar-refractivity contribution in [3.63, 3.8) is 0 Å². The third-order valence-electron chi connectivity index (χ3n) is 1.67. The quantitative estimate of drug-likeness (QED) is 0.715. The van der Waals surface area contributed by atoms with Crippen LogP contribution in [0.3, 0.4) is 0 Å². The van der Waals surface area contributed by atoms with Gasteiger partial charge in [0.1, 0.15) is 5.82 Å². The summed E-state index contributed by atoms with van der Waals surface area (Å²) in [7, 11) is 0. The molecular formula is C10H9Cl2F. The van der Waals surface area contributed by atoms with Crippen LogP contribution in [0.1, 0.15) is 12.0 Å². The van der Waals surface area contributed by atoms with Gasteiger partial charge in [-0.1, -0.05) is 35.8 Å². The standard InChI is InChI=1S/C10H9Cl2F/c1-7(11)2-3-8-4-5-9(12)10(13)6-8/h4-6H,1-3H2. The summed E-state index contributed by atoms with van der Waals surface area (Å²) in [6, 6.07) is 4.75. The molecule has 0 aliphatic rings. The van der Waals surface area contributed by atoms with Crippen molar-refractivity contribution in [3.8, 4) is 0 Å². The van der Waals surface area contributed by atoms with E-state index in [-0.39, 0.29) is 10.8 Å². The Bertz CT molecular complexity index is 321. The second-order valence-corrected chi connectivity index (χ2v) is 3.71. The lowest BCUT2D eigenvalue weighted by atomic mass is 10.1. The fourth-order valence-electron chi connectivity index (χ4n) is 0.975. The van der Waals surface area contributed by atoms with Crippen LogP contribution in [0.4, 0.5) is 4.39 Å². The number of hydrogen-bond donors (Lipinski definition) is 0. The van der Waals surface area contributed by atoms with Gasteiger partial charge in [-0.05, 0) is 30.5 Å². The molecule has 0 radical (unpaired) electrons. The fraction of sp³-hybridized carbons (Fsp3) is 0.200. The van der Waals surface area contributed by atoms with Crippen LogP contribution in [0.5, 0.6) is 0 Å². The van der Waals surface area contributed by atoms with Gasteiger partial charge in [-0.3, -0.25) is 0 Å². The molecule has 0 N–H and O–H groups in total. The third kappa shape index (κ3) is 3.37. The molecule has 0 atom stereocenters. The van der Waals surface area contributed by atoms with Crippen molar-refractivity contribution in [3.05, 3.63) is 46.2 Å². The summed E-state index contributed by atoms with van der Waals surface area (Å²) in [5.41, 5.74) is 0.878. The van der Waals surface area contributed by atoms with E-state index >= 15 is 0 Å². The van der Waals surface area contributed by atoms with E-state index in [1.165, 1.54) is 6.07 Å². The first-order valence-corrected chi connectivity index (χ1v) is 4.62. The van der Waals surface area contributed by atoms with Crippen LogP contribution in [-0.2, 0) is 6.42 Å². The summed E-state index contributed by atoms with van der Waals surface area (Å²) in [6.45, 7) is 3.56. The Hall–Kier alpha value is -0.530. The summed E-state index contributed by atoms with van der Waals surface area (Å²) >= 11 is 11.1. The topological polar surface area (TPSA) is 0 Å². The van der Waals surface area contributed by atoms with Crippen LogP contribution in [0.2, 0.25) is 5.02 Å². The minimum atomic E-state index is -0.389. The zero-order valence-electron chi connectivity index (χ0n) is 6.99. The smallest absolute Gasteiger partial charge is 0.142 e. The van der Waals surface area contributed by atoms with E-state index in [1.54, 1.807) is 12.1 Å². The summed E-state index contributed by atoms with van der Waals surface area (Å²) < 4.78 is 12.9. The van der Waals surface area contributed by atoms with Gasteiger partial charge in [0.15, 0.2) is 0 Å². The van der Waals surface area contributed by atoms with Crippen LogP contribution in [0.25, 0.3) is 0 Å². The normalized spacial score (nSPS) is 10.1. The first-order valence-electron chi connectivity index (χ1n) is 3.87. The molecule has 0 bridgehead atoms. The Morgan fingerprint density at radius 2 is 2.15 bits per heavy atom. The average molecular weight is 219 g/mol. The maximum absolute atomic E-state index is 12.9. The summed E-state index contributed by atoms with van der Waals surface area (Å²) in [5.74, 6) is -0.389. The highest BCUT2D eigenvalue weighted by Crippen LogP contribution is 2.17. The molecule has 1 aromatic carbocycles. The second-order valence-electron chi connectivity index (χ2n) is 2.77. The van der Waals surface area contributed by atoms with E-state index in [0.29, 0.717) is 17.9 Å². The Labute approximate surface area is 87.0 Å². The second kappa shape index (κ2) is 4.64. The number of halogens is 3. The summed E-state index contributed by atoms with van der Waals surface area (Å²) in [4.78, 5) is 0. The lowest BCUT2D eigenvalue weighted by Crippen LogP contribution is -1.87. The van der Waals surface area contributed by atoms with E-state index in [4.69, 9.17) is 23.2 Å². The van der Waals surface area contributed by atoms with Crippen LogP contribution < -0.4 is 0 Å². The van der Waals surface area contributed by atoms with Gasteiger partial charge in [-0.2, -0.15) is 0 Å². The zero-order valence-corrected chi connectivity index (χ0v) is 8.50. The van der Waals surface area contributed by atoms with E-state index in [0.717, 1.165) is 5.56 Å². The molecular weight excluding hydrogens is 210 g/mol. The third-order valence-corrected chi connectivity index (χ3v) is 2.16. The Kier molecular flexibility index (Phi) is 3.76. The van der Waals surface area contributed by atoms with Crippen molar-refractivity contribution < 1.29 is 4.39 Å². The number of benzene rings is 1. The predicted molar refractivity (Wildman–Crippen MR) is 54.7 cm³/mol. The monoisotopic (exact) mass is 218 g/mol. The van der Waals surface area contributed by atoms with Gasteiger partial charge in [-0.15, -0.1) is 0 Å². The molecule has 1 aromatic rings. The molecule has 3 heteroatoms. The van der Waals surface area contributed by atoms with E-state index in [2.05, 4.69) is 6.58 Å². The van der Waals surface area contributed by atoms with Crippen molar-refractivity contribution in [1.82, 2.24) is 0 Å². The lowest BCUT2D eigenvalue weighted by Gasteiger charge is -2.01. The Balaban J connectivity index is 2.68. The molecule has 0 nitrogen and oxygen atoms in total. The first-order chi connectivity index (χ1) is 6.09. The van der Waals surface area contributed by atoms with E-state index in [1.807, 2.05) is 0 Å². The SMILES string of the molecule is C=C(Cl)CCc1ccc(Cl)c(F)c1. The van der Waals surface area contributed by atoms with Crippen LogP contribution >= 0.6 is 23.2 Å². The Morgan fingerprint density at radius 1 is 1.46 bits per heavy atom. The van der Waals surface area contributed by atoms with Gasteiger partial charge in [0.25, 0.3) is 0 Å². The average Bonchev–Trinajstić information content (AvgIpc) is 2.07. The highest BCUT2D eigenvalue weighted by Gasteiger charge is 2.00. The molecule has 0 heterocycles. The van der Waals surface area contributed by atoms with Gasteiger partial charge in [-0.25, -0.2) is 4.39 Å². The first kappa shape index (κ1) is 10.6. The molecule has 13 heavy (non-hydrogen) atoms. The molecule has 1 rings (SSSR count). The molecule has 0 fully saturated rings. The summed E-state index contributed by atoms with van der Waals surface area (Å²) in [6.07, 6.45) is 1.35. The molecule has 0 saturated heterocycles. The maximum Gasteiger partial charge on any atom is 0.142 e. The van der Waals surface area contributed by atoms with Gasteiger partial charge in [0, 0.05) is 5.03 Å². The van der Waals surface area contributed by atoms with E-state index in [9.17, 15) is 4.39 Å². The highest BCUT2D eigenvalue weighted by molar-refractivity contribution is 6.30.